The summed E-state index contributed by atoms with van der Waals surface area (Å²) in [6, 6.07) is 8.51. The van der Waals surface area contributed by atoms with Gasteiger partial charge in [-0.05, 0) is 44.5 Å². The van der Waals surface area contributed by atoms with Crippen LogP contribution in [0, 0.1) is 13.8 Å². The molecule has 0 saturated heterocycles. The fourth-order valence-electron chi connectivity index (χ4n) is 2.05. The number of aromatic nitrogens is 2. The molecule has 0 saturated carbocycles. The second-order valence-corrected chi connectivity index (χ2v) is 4.72. The van der Waals surface area contributed by atoms with E-state index in [-0.39, 0.29) is 0 Å². The van der Waals surface area contributed by atoms with Crippen molar-refractivity contribution in [3.8, 4) is 5.69 Å². The molecule has 1 heterocycles. The molecule has 0 atom stereocenters. The molecule has 18 heavy (non-hydrogen) atoms. The van der Waals surface area contributed by atoms with Crippen LogP contribution in [0.15, 0.2) is 30.5 Å². The highest BCUT2D eigenvalue weighted by molar-refractivity contribution is 5.41. The highest BCUT2D eigenvalue weighted by Gasteiger charge is 2.03. The Hall–Kier alpha value is -1.61. The fraction of sp³-hybridized carbons (Fsp3) is 0.400. The van der Waals surface area contributed by atoms with Crippen LogP contribution in [0.2, 0.25) is 0 Å². The molecule has 1 aromatic heterocycles. The van der Waals surface area contributed by atoms with E-state index in [1.54, 1.807) is 0 Å². The number of hydrogen-bond donors (Lipinski definition) is 1. The van der Waals surface area contributed by atoms with Gasteiger partial charge in [-0.3, -0.25) is 0 Å². The number of benzene rings is 1. The van der Waals surface area contributed by atoms with Crippen LogP contribution in [-0.4, -0.2) is 16.3 Å². The van der Waals surface area contributed by atoms with Gasteiger partial charge in [0.05, 0.1) is 11.4 Å². The van der Waals surface area contributed by atoms with E-state index in [0.717, 1.165) is 30.9 Å². The molecule has 0 spiro atoms. The van der Waals surface area contributed by atoms with Crippen molar-refractivity contribution in [2.24, 2.45) is 0 Å². The molecule has 1 N–H and O–H groups in total. The molecule has 0 radical (unpaired) electrons. The topological polar surface area (TPSA) is 29.9 Å². The Labute approximate surface area is 109 Å². The van der Waals surface area contributed by atoms with Gasteiger partial charge in [0.2, 0.25) is 0 Å². The van der Waals surface area contributed by atoms with E-state index < -0.39 is 0 Å². The van der Waals surface area contributed by atoms with Crippen molar-refractivity contribution in [1.29, 1.82) is 0 Å². The summed E-state index contributed by atoms with van der Waals surface area (Å²) in [5.41, 5.74) is 4.78. The lowest BCUT2D eigenvalue weighted by atomic mass is 10.1. The first kappa shape index (κ1) is 12.8. The maximum absolute atomic E-state index is 4.60. The summed E-state index contributed by atoms with van der Waals surface area (Å²) in [7, 11) is 0. The number of aryl methyl sites for hydroxylation is 2. The zero-order valence-electron chi connectivity index (χ0n) is 11.4. The molecule has 0 fully saturated rings. The molecule has 3 nitrogen and oxygen atoms in total. The molecule has 0 bridgehead atoms. The Morgan fingerprint density at radius 3 is 2.78 bits per heavy atom. The summed E-state index contributed by atoms with van der Waals surface area (Å²) >= 11 is 0. The molecule has 3 heteroatoms. The van der Waals surface area contributed by atoms with Crippen LogP contribution in [0.25, 0.3) is 5.69 Å². The summed E-state index contributed by atoms with van der Waals surface area (Å²) in [5, 5.41) is 7.96. The number of nitrogens with one attached hydrogen (secondary N) is 1. The Bertz CT molecular complexity index is 514. The van der Waals surface area contributed by atoms with Crippen LogP contribution in [-0.2, 0) is 6.54 Å². The monoisotopic (exact) mass is 243 g/mol. The molecular weight excluding hydrogens is 222 g/mol. The van der Waals surface area contributed by atoms with Crippen molar-refractivity contribution in [3.05, 3.63) is 47.3 Å². The first-order valence-electron chi connectivity index (χ1n) is 6.53. The molecule has 2 aromatic rings. The maximum atomic E-state index is 4.60. The second-order valence-electron chi connectivity index (χ2n) is 4.72. The van der Waals surface area contributed by atoms with E-state index in [1.165, 1.54) is 11.1 Å². The van der Waals surface area contributed by atoms with Crippen LogP contribution < -0.4 is 5.32 Å². The first-order chi connectivity index (χ1) is 8.70. The number of rotatable bonds is 5. The number of hydrogen-bond acceptors (Lipinski definition) is 2. The standard InChI is InChI=1S/C15H21N3/c1-4-8-16-11-14-7-9-18(17-14)15-6-5-12(2)10-13(15)3/h5-7,9-10,16H,4,8,11H2,1-3H3. The third-order valence-corrected chi connectivity index (χ3v) is 2.98. The average molecular weight is 243 g/mol. The largest absolute Gasteiger partial charge is 0.311 e. The molecular formula is C15H21N3. The Morgan fingerprint density at radius 2 is 2.06 bits per heavy atom. The molecule has 0 aliphatic heterocycles. The van der Waals surface area contributed by atoms with Gasteiger partial charge in [0.25, 0.3) is 0 Å². The predicted octanol–water partition coefficient (Wildman–Crippen LogP) is 2.99. The zero-order valence-corrected chi connectivity index (χ0v) is 11.4. The fourth-order valence-corrected chi connectivity index (χ4v) is 2.05. The highest BCUT2D eigenvalue weighted by atomic mass is 15.3. The van der Waals surface area contributed by atoms with Crippen molar-refractivity contribution in [2.75, 3.05) is 6.54 Å². The minimum atomic E-state index is 0.839. The summed E-state index contributed by atoms with van der Waals surface area (Å²) in [5.74, 6) is 0. The van der Waals surface area contributed by atoms with Crippen molar-refractivity contribution in [1.82, 2.24) is 15.1 Å². The van der Waals surface area contributed by atoms with E-state index >= 15 is 0 Å². The van der Waals surface area contributed by atoms with Gasteiger partial charge in [-0.25, -0.2) is 4.68 Å². The van der Waals surface area contributed by atoms with Gasteiger partial charge in [-0.1, -0.05) is 24.6 Å². The Balaban J connectivity index is 2.13. The normalized spacial score (nSPS) is 10.8. The van der Waals surface area contributed by atoms with Gasteiger partial charge in [0, 0.05) is 12.7 Å². The van der Waals surface area contributed by atoms with Gasteiger partial charge in [-0.2, -0.15) is 5.10 Å². The lowest BCUT2D eigenvalue weighted by Crippen LogP contribution is -2.14. The van der Waals surface area contributed by atoms with Crippen molar-refractivity contribution < 1.29 is 0 Å². The smallest absolute Gasteiger partial charge is 0.0766 e. The van der Waals surface area contributed by atoms with Crippen LogP contribution in [0.1, 0.15) is 30.2 Å². The molecule has 0 unspecified atom stereocenters. The van der Waals surface area contributed by atoms with E-state index in [1.807, 2.05) is 10.9 Å². The van der Waals surface area contributed by atoms with Crippen molar-refractivity contribution in [2.45, 2.75) is 33.7 Å². The van der Waals surface area contributed by atoms with Gasteiger partial charge in [-0.15, -0.1) is 0 Å². The van der Waals surface area contributed by atoms with E-state index in [0.29, 0.717) is 0 Å². The maximum Gasteiger partial charge on any atom is 0.0766 e. The molecule has 2 rings (SSSR count). The quantitative estimate of drug-likeness (QED) is 0.818. The van der Waals surface area contributed by atoms with Crippen LogP contribution in [0.5, 0.6) is 0 Å². The van der Waals surface area contributed by atoms with Crippen LogP contribution in [0.3, 0.4) is 0 Å². The summed E-state index contributed by atoms with van der Waals surface area (Å²) in [6.07, 6.45) is 3.18. The summed E-state index contributed by atoms with van der Waals surface area (Å²) in [6.45, 7) is 8.28. The minimum Gasteiger partial charge on any atom is -0.311 e. The lowest BCUT2D eigenvalue weighted by molar-refractivity contribution is 0.656. The molecule has 0 aliphatic carbocycles. The van der Waals surface area contributed by atoms with Crippen molar-refractivity contribution >= 4 is 0 Å². The molecule has 96 valence electrons. The van der Waals surface area contributed by atoms with E-state index in [4.69, 9.17) is 0 Å². The molecule has 0 aliphatic rings. The molecule has 1 aromatic carbocycles. The predicted molar refractivity (Wildman–Crippen MR) is 75.0 cm³/mol. The Morgan fingerprint density at radius 1 is 1.22 bits per heavy atom. The third-order valence-electron chi connectivity index (χ3n) is 2.98. The lowest BCUT2D eigenvalue weighted by Gasteiger charge is -2.06. The van der Waals surface area contributed by atoms with E-state index in [2.05, 4.69) is 55.5 Å². The van der Waals surface area contributed by atoms with Crippen LogP contribution in [0.4, 0.5) is 0 Å². The molecule has 0 amide bonds. The zero-order chi connectivity index (χ0) is 13.0. The highest BCUT2D eigenvalue weighted by Crippen LogP contribution is 2.15. The van der Waals surface area contributed by atoms with Gasteiger partial charge < -0.3 is 5.32 Å². The minimum absolute atomic E-state index is 0.839. The van der Waals surface area contributed by atoms with E-state index in [9.17, 15) is 0 Å². The number of nitrogens with zero attached hydrogens (tertiary/aromatic N) is 2. The van der Waals surface area contributed by atoms with Crippen LogP contribution >= 0.6 is 0 Å². The third kappa shape index (κ3) is 2.99. The summed E-state index contributed by atoms with van der Waals surface area (Å²) in [4.78, 5) is 0. The van der Waals surface area contributed by atoms with Gasteiger partial charge in [0.15, 0.2) is 0 Å². The SMILES string of the molecule is CCCNCc1ccn(-c2ccc(C)cc2C)n1. The summed E-state index contributed by atoms with van der Waals surface area (Å²) < 4.78 is 1.96. The average Bonchev–Trinajstić information content (AvgIpc) is 2.78. The van der Waals surface area contributed by atoms with Crippen molar-refractivity contribution in [3.63, 3.8) is 0 Å². The Kier molecular flexibility index (Phi) is 4.15. The van der Waals surface area contributed by atoms with Gasteiger partial charge >= 0.3 is 0 Å². The van der Waals surface area contributed by atoms with Gasteiger partial charge in [0.1, 0.15) is 0 Å². The second kappa shape index (κ2) is 5.83. The first-order valence-corrected chi connectivity index (χ1v) is 6.53.